The molecule has 6 nitrogen and oxygen atoms in total. The molecule has 158 valence electrons. The van der Waals surface area contributed by atoms with Crippen molar-refractivity contribution >= 4 is 35.8 Å². The average Bonchev–Trinajstić information content (AvgIpc) is 3.45. The van der Waals surface area contributed by atoms with Gasteiger partial charge >= 0.3 is 0 Å². The van der Waals surface area contributed by atoms with Gasteiger partial charge in [-0.3, -0.25) is 14.7 Å². The molecule has 4 rings (SSSR count). The number of hydrogen-bond acceptors (Lipinski definition) is 3. The van der Waals surface area contributed by atoms with Crippen LogP contribution < -0.4 is 5.32 Å². The molecule has 2 fully saturated rings. The van der Waals surface area contributed by atoms with E-state index in [1.54, 1.807) is 0 Å². The monoisotopic (exact) mass is 509 g/mol. The van der Waals surface area contributed by atoms with Gasteiger partial charge in [0.2, 0.25) is 5.91 Å². The Bertz CT molecular complexity index is 757. The molecule has 1 aromatic rings. The molecule has 0 radical (unpaired) electrons. The summed E-state index contributed by atoms with van der Waals surface area (Å²) in [6, 6.07) is 9.16. The van der Waals surface area contributed by atoms with Crippen molar-refractivity contribution in [2.75, 3.05) is 39.8 Å². The third-order valence-corrected chi connectivity index (χ3v) is 6.02. The first-order valence-corrected chi connectivity index (χ1v) is 10.4. The van der Waals surface area contributed by atoms with Crippen molar-refractivity contribution in [3.63, 3.8) is 0 Å². The lowest BCUT2D eigenvalue weighted by atomic mass is 10.1. The first-order valence-electron chi connectivity index (χ1n) is 10.4. The summed E-state index contributed by atoms with van der Waals surface area (Å²) in [4.78, 5) is 23.2. The topological polar surface area (TPSA) is 51.2 Å². The summed E-state index contributed by atoms with van der Waals surface area (Å²) < 4.78 is 0. The van der Waals surface area contributed by atoms with Crippen LogP contribution in [0.2, 0.25) is 0 Å². The second-order valence-corrected chi connectivity index (χ2v) is 7.95. The summed E-state index contributed by atoms with van der Waals surface area (Å²) in [6.45, 7) is 6.61. The summed E-state index contributed by atoms with van der Waals surface area (Å²) in [5.41, 5.74) is 2.43. The van der Waals surface area contributed by atoms with Gasteiger partial charge in [-0.05, 0) is 24.0 Å². The van der Waals surface area contributed by atoms with Crippen molar-refractivity contribution in [1.82, 2.24) is 20.0 Å². The molecule has 3 aliphatic heterocycles. The number of likely N-dealkylation sites (tertiary alicyclic amines) is 2. The zero-order chi connectivity index (χ0) is 19.3. The molecule has 1 atom stereocenters. The first kappa shape index (κ1) is 22.1. The van der Waals surface area contributed by atoms with E-state index >= 15 is 0 Å². The van der Waals surface area contributed by atoms with Gasteiger partial charge < -0.3 is 15.1 Å². The zero-order valence-electron chi connectivity index (χ0n) is 17.2. The number of amides is 1. The molecule has 1 unspecified atom stereocenters. The van der Waals surface area contributed by atoms with Crippen molar-refractivity contribution in [2.45, 2.75) is 38.4 Å². The summed E-state index contributed by atoms with van der Waals surface area (Å²) in [5, 5.41) is 3.53. The van der Waals surface area contributed by atoms with Gasteiger partial charge in [-0.1, -0.05) is 36.4 Å². The maximum Gasteiger partial charge on any atom is 0.222 e. The van der Waals surface area contributed by atoms with Crippen LogP contribution >= 0.6 is 24.0 Å². The normalized spacial score (nSPS) is 22.4. The highest BCUT2D eigenvalue weighted by molar-refractivity contribution is 14.0. The van der Waals surface area contributed by atoms with Crippen LogP contribution in [0.1, 0.15) is 30.4 Å². The van der Waals surface area contributed by atoms with Crippen molar-refractivity contribution in [1.29, 1.82) is 0 Å². The number of rotatable bonds is 5. The van der Waals surface area contributed by atoms with Crippen LogP contribution in [0.3, 0.4) is 0 Å². The highest BCUT2D eigenvalue weighted by Gasteiger charge is 2.29. The molecule has 1 amide bonds. The van der Waals surface area contributed by atoms with Gasteiger partial charge in [-0.15, -0.1) is 24.0 Å². The van der Waals surface area contributed by atoms with Crippen LogP contribution in [0.25, 0.3) is 0 Å². The highest BCUT2D eigenvalue weighted by atomic mass is 127. The van der Waals surface area contributed by atoms with Crippen molar-refractivity contribution in [3.05, 3.63) is 47.5 Å². The highest BCUT2D eigenvalue weighted by Crippen LogP contribution is 2.18. The van der Waals surface area contributed by atoms with Gasteiger partial charge in [0.05, 0.1) is 0 Å². The number of guanidine groups is 1. The maximum atomic E-state index is 11.9. The Balaban J connectivity index is 0.00000240. The largest absolute Gasteiger partial charge is 0.352 e. The molecule has 1 N–H and O–H groups in total. The van der Waals surface area contributed by atoms with Gasteiger partial charge in [-0.2, -0.15) is 0 Å². The molecule has 0 aromatic heterocycles. The number of benzene rings is 1. The van der Waals surface area contributed by atoms with E-state index in [1.807, 2.05) is 11.9 Å². The van der Waals surface area contributed by atoms with Gasteiger partial charge in [0.25, 0.3) is 0 Å². The third-order valence-electron chi connectivity index (χ3n) is 6.02. The van der Waals surface area contributed by atoms with E-state index in [2.05, 4.69) is 56.5 Å². The molecule has 0 aliphatic carbocycles. The van der Waals surface area contributed by atoms with Crippen molar-refractivity contribution in [3.8, 4) is 0 Å². The lowest BCUT2D eigenvalue weighted by Crippen LogP contribution is -2.42. The molecule has 0 bridgehead atoms. The summed E-state index contributed by atoms with van der Waals surface area (Å²) in [5.74, 6) is 1.26. The van der Waals surface area contributed by atoms with E-state index in [0.717, 1.165) is 58.2 Å². The lowest BCUT2D eigenvalue weighted by molar-refractivity contribution is -0.128. The SMILES string of the molecule is CN=C(NCc1cccc(CN2CCCC2=O)c1)N1CCC(N2CC=CC2)C1.I. The Hall–Kier alpha value is -1.61. The number of halogens is 1. The molecule has 3 heterocycles. The maximum absolute atomic E-state index is 11.9. The zero-order valence-corrected chi connectivity index (χ0v) is 19.5. The number of aliphatic imine (C=N–C) groups is 1. The number of nitrogens with zero attached hydrogens (tertiary/aromatic N) is 4. The minimum atomic E-state index is 0. The smallest absolute Gasteiger partial charge is 0.222 e. The van der Waals surface area contributed by atoms with Crippen LogP contribution in [-0.4, -0.2) is 72.4 Å². The van der Waals surface area contributed by atoms with E-state index in [-0.39, 0.29) is 29.9 Å². The number of hydrogen-bond donors (Lipinski definition) is 1. The second-order valence-electron chi connectivity index (χ2n) is 7.95. The van der Waals surface area contributed by atoms with E-state index in [4.69, 9.17) is 0 Å². The fourth-order valence-corrected chi connectivity index (χ4v) is 4.47. The Morgan fingerprint density at radius 1 is 1.21 bits per heavy atom. The van der Waals surface area contributed by atoms with E-state index in [1.165, 1.54) is 17.5 Å². The van der Waals surface area contributed by atoms with Crippen LogP contribution in [0.4, 0.5) is 0 Å². The fraction of sp³-hybridized carbons (Fsp3) is 0.545. The van der Waals surface area contributed by atoms with Crippen LogP contribution in [0.5, 0.6) is 0 Å². The van der Waals surface area contributed by atoms with E-state index in [0.29, 0.717) is 12.5 Å². The molecular weight excluding hydrogens is 477 g/mol. The number of carbonyl (C=O) groups is 1. The minimum absolute atomic E-state index is 0. The van der Waals surface area contributed by atoms with Gasteiger partial charge in [0.15, 0.2) is 5.96 Å². The molecule has 7 heteroatoms. The summed E-state index contributed by atoms with van der Waals surface area (Å²) >= 11 is 0. The van der Waals surface area contributed by atoms with Gasteiger partial charge in [0, 0.05) is 65.3 Å². The molecule has 0 spiro atoms. The minimum Gasteiger partial charge on any atom is -0.352 e. The quantitative estimate of drug-likeness (QED) is 0.287. The van der Waals surface area contributed by atoms with Crippen LogP contribution in [0, 0.1) is 0 Å². The molecule has 29 heavy (non-hydrogen) atoms. The number of carbonyl (C=O) groups excluding carboxylic acids is 1. The Labute approximate surface area is 191 Å². The van der Waals surface area contributed by atoms with Crippen molar-refractivity contribution < 1.29 is 4.79 Å². The Morgan fingerprint density at radius 2 is 2.00 bits per heavy atom. The number of nitrogens with one attached hydrogen (secondary N) is 1. The summed E-state index contributed by atoms with van der Waals surface area (Å²) in [7, 11) is 1.86. The summed E-state index contributed by atoms with van der Waals surface area (Å²) in [6.07, 6.45) is 7.40. The van der Waals surface area contributed by atoms with E-state index in [9.17, 15) is 4.79 Å². The molecule has 0 saturated carbocycles. The van der Waals surface area contributed by atoms with Gasteiger partial charge in [-0.25, -0.2) is 0 Å². The average molecular weight is 509 g/mol. The fourth-order valence-electron chi connectivity index (χ4n) is 4.47. The predicted molar refractivity (Wildman–Crippen MR) is 127 cm³/mol. The molecule has 2 saturated heterocycles. The Kier molecular flexibility index (Phi) is 7.94. The molecule has 3 aliphatic rings. The van der Waals surface area contributed by atoms with Crippen LogP contribution in [-0.2, 0) is 17.9 Å². The van der Waals surface area contributed by atoms with Crippen LogP contribution in [0.15, 0.2) is 41.4 Å². The second kappa shape index (κ2) is 10.4. The molecular formula is C22H32IN5O. The predicted octanol–water partition coefficient (Wildman–Crippen LogP) is 2.45. The van der Waals surface area contributed by atoms with Crippen molar-refractivity contribution in [2.24, 2.45) is 4.99 Å². The Morgan fingerprint density at radius 3 is 2.72 bits per heavy atom. The molecule has 1 aromatic carbocycles. The first-order chi connectivity index (χ1) is 13.7. The third kappa shape index (κ3) is 5.51. The lowest BCUT2D eigenvalue weighted by Gasteiger charge is -2.25. The van der Waals surface area contributed by atoms with Gasteiger partial charge in [0.1, 0.15) is 0 Å². The van der Waals surface area contributed by atoms with E-state index < -0.39 is 0 Å². The standard InChI is InChI=1S/C22H31N5O.HI/c1-23-22(27-13-9-20(17-27)25-10-2-3-11-25)24-15-18-6-4-7-19(14-18)16-26-12-5-8-21(26)28;/h2-4,6-7,14,20H,5,8-13,15-17H2,1H3,(H,23,24);1H.